The molecule has 1 aliphatic rings. The van der Waals surface area contributed by atoms with Crippen LogP contribution in [0.1, 0.15) is 36.0 Å². The van der Waals surface area contributed by atoms with E-state index in [4.69, 9.17) is 4.74 Å². The van der Waals surface area contributed by atoms with E-state index in [0.717, 1.165) is 19.4 Å². The number of para-hydroxylation sites is 1. The Labute approximate surface area is 110 Å². The van der Waals surface area contributed by atoms with E-state index < -0.39 is 6.61 Å². The van der Waals surface area contributed by atoms with E-state index in [1.165, 1.54) is 12.1 Å². The van der Waals surface area contributed by atoms with Crippen LogP contribution in [0.25, 0.3) is 0 Å². The van der Waals surface area contributed by atoms with Crippen LogP contribution >= 0.6 is 0 Å². The van der Waals surface area contributed by atoms with E-state index in [1.54, 1.807) is 12.1 Å². The number of benzene rings is 1. The van der Waals surface area contributed by atoms with Gasteiger partial charge in [-0.05, 0) is 31.4 Å². The molecular formula is C14H16F2O3. The monoisotopic (exact) mass is 270 g/mol. The number of ether oxygens (including phenoxy) is 2. The normalized spacial score (nSPS) is 18.8. The van der Waals surface area contributed by atoms with E-state index >= 15 is 0 Å². The summed E-state index contributed by atoms with van der Waals surface area (Å²) in [6.07, 6.45) is 3.01. The Morgan fingerprint density at radius 3 is 2.89 bits per heavy atom. The van der Waals surface area contributed by atoms with Crippen molar-refractivity contribution in [1.82, 2.24) is 0 Å². The fourth-order valence-corrected chi connectivity index (χ4v) is 2.19. The first-order valence-electron chi connectivity index (χ1n) is 6.35. The van der Waals surface area contributed by atoms with Crippen LogP contribution in [0.2, 0.25) is 0 Å². The van der Waals surface area contributed by atoms with Gasteiger partial charge in [0.1, 0.15) is 5.75 Å². The SMILES string of the molecule is O=C(CCC1CCCO1)c1ccccc1OC(F)F. The summed E-state index contributed by atoms with van der Waals surface area (Å²) < 4.78 is 34.3. The lowest BCUT2D eigenvalue weighted by Crippen LogP contribution is -2.11. The molecule has 0 saturated carbocycles. The van der Waals surface area contributed by atoms with E-state index in [2.05, 4.69) is 4.74 Å². The lowest BCUT2D eigenvalue weighted by Gasteiger charge is -2.11. The summed E-state index contributed by atoms with van der Waals surface area (Å²) in [5, 5.41) is 0. The summed E-state index contributed by atoms with van der Waals surface area (Å²) in [7, 11) is 0. The Balaban J connectivity index is 1.97. The molecule has 104 valence electrons. The average Bonchev–Trinajstić information content (AvgIpc) is 2.89. The highest BCUT2D eigenvalue weighted by Crippen LogP contribution is 2.24. The Morgan fingerprint density at radius 2 is 2.21 bits per heavy atom. The van der Waals surface area contributed by atoms with Gasteiger partial charge in [0.2, 0.25) is 0 Å². The van der Waals surface area contributed by atoms with Gasteiger partial charge in [-0.2, -0.15) is 8.78 Å². The lowest BCUT2D eigenvalue weighted by atomic mass is 10.0. The minimum Gasteiger partial charge on any atom is -0.434 e. The van der Waals surface area contributed by atoms with Gasteiger partial charge in [0, 0.05) is 13.0 Å². The van der Waals surface area contributed by atoms with Crippen molar-refractivity contribution in [3.63, 3.8) is 0 Å². The number of ketones is 1. The third-order valence-corrected chi connectivity index (χ3v) is 3.12. The van der Waals surface area contributed by atoms with Crippen LogP contribution in [0.3, 0.4) is 0 Å². The number of halogens is 2. The highest BCUT2D eigenvalue weighted by molar-refractivity contribution is 5.98. The van der Waals surface area contributed by atoms with Gasteiger partial charge in [0.15, 0.2) is 5.78 Å². The summed E-state index contributed by atoms with van der Waals surface area (Å²) in [4.78, 5) is 12.0. The van der Waals surface area contributed by atoms with Crippen LogP contribution in [0.15, 0.2) is 24.3 Å². The van der Waals surface area contributed by atoms with Gasteiger partial charge in [-0.3, -0.25) is 4.79 Å². The van der Waals surface area contributed by atoms with Crippen LogP contribution < -0.4 is 4.74 Å². The molecule has 1 saturated heterocycles. The molecule has 1 aromatic rings. The molecule has 0 aliphatic carbocycles. The molecule has 1 aliphatic heterocycles. The second-order valence-corrected chi connectivity index (χ2v) is 4.47. The van der Waals surface area contributed by atoms with E-state index in [0.29, 0.717) is 6.42 Å². The summed E-state index contributed by atoms with van der Waals surface area (Å²) in [5.74, 6) is -0.249. The largest absolute Gasteiger partial charge is 0.434 e. The molecule has 0 N–H and O–H groups in total. The minimum atomic E-state index is -2.92. The van der Waals surface area contributed by atoms with E-state index in [9.17, 15) is 13.6 Å². The third kappa shape index (κ3) is 3.99. The highest BCUT2D eigenvalue weighted by atomic mass is 19.3. The molecule has 0 spiro atoms. The Hall–Kier alpha value is -1.49. The van der Waals surface area contributed by atoms with Crippen molar-refractivity contribution in [2.45, 2.75) is 38.4 Å². The maximum atomic E-state index is 12.2. The maximum absolute atomic E-state index is 12.2. The van der Waals surface area contributed by atoms with E-state index in [1.807, 2.05) is 0 Å². The third-order valence-electron chi connectivity index (χ3n) is 3.12. The van der Waals surface area contributed by atoms with Crippen molar-refractivity contribution in [1.29, 1.82) is 0 Å². The van der Waals surface area contributed by atoms with Gasteiger partial charge < -0.3 is 9.47 Å². The zero-order chi connectivity index (χ0) is 13.7. The molecule has 0 bridgehead atoms. The number of carbonyl (C=O) groups is 1. The molecule has 1 heterocycles. The molecule has 1 aromatic carbocycles. The Morgan fingerprint density at radius 1 is 1.42 bits per heavy atom. The Bertz CT molecular complexity index is 428. The van der Waals surface area contributed by atoms with Crippen molar-refractivity contribution in [2.24, 2.45) is 0 Å². The van der Waals surface area contributed by atoms with Gasteiger partial charge in [-0.1, -0.05) is 12.1 Å². The number of alkyl halides is 2. The first-order valence-corrected chi connectivity index (χ1v) is 6.35. The predicted octanol–water partition coefficient (Wildman–Crippen LogP) is 3.43. The average molecular weight is 270 g/mol. The summed E-state index contributed by atoms with van der Waals surface area (Å²) in [6, 6.07) is 6.09. The molecule has 0 radical (unpaired) electrons. The zero-order valence-electron chi connectivity index (χ0n) is 10.5. The number of hydrogen-bond donors (Lipinski definition) is 0. The van der Waals surface area contributed by atoms with Crippen molar-refractivity contribution in [3.05, 3.63) is 29.8 Å². The maximum Gasteiger partial charge on any atom is 0.387 e. The van der Waals surface area contributed by atoms with Crippen molar-refractivity contribution < 1.29 is 23.0 Å². The molecule has 5 heteroatoms. The minimum absolute atomic E-state index is 0.0603. The quantitative estimate of drug-likeness (QED) is 0.743. The van der Waals surface area contributed by atoms with Crippen LogP contribution in [0.5, 0.6) is 5.75 Å². The van der Waals surface area contributed by atoms with Gasteiger partial charge in [0.25, 0.3) is 0 Å². The topological polar surface area (TPSA) is 35.5 Å². The fraction of sp³-hybridized carbons (Fsp3) is 0.500. The second kappa shape index (κ2) is 6.61. The van der Waals surface area contributed by atoms with Crippen LogP contribution in [0.4, 0.5) is 8.78 Å². The van der Waals surface area contributed by atoms with Crippen LogP contribution in [-0.4, -0.2) is 25.1 Å². The molecule has 1 atom stereocenters. The first-order chi connectivity index (χ1) is 9.16. The molecule has 1 unspecified atom stereocenters. The molecule has 3 nitrogen and oxygen atoms in total. The number of hydrogen-bond acceptors (Lipinski definition) is 3. The highest BCUT2D eigenvalue weighted by Gasteiger charge is 2.19. The summed E-state index contributed by atoms with van der Waals surface area (Å²) in [5.41, 5.74) is 0.209. The second-order valence-electron chi connectivity index (χ2n) is 4.47. The van der Waals surface area contributed by atoms with Crippen molar-refractivity contribution >= 4 is 5.78 Å². The molecule has 2 rings (SSSR count). The number of Topliss-reactive ketones (excluding diaryl/α,β-unsaturated/α-hetero) is 1. The lowest BCUT2D eigenvalue weighted by molar-refractivity contribution is -0.0501. The van der Waals surface area contributed by atoms with Gasteiger partial charge in [0.05, 0.1) is 11.7 Å². The number of carbonyl (C=O) groups excluding carboxylic acids is 1. The smallest absolute Gasteiger partial charge is 0.387 e. The zero-order valence-corrected chi connectivity index (χ0v) is 10.5. The van der Waals surface area contributed by atoms with Gasteiger partial charge in [-0.25, -0.2) is 0 Å². The van der Waals surface area contributed by atoms with Crippen LogP contribution in [-0.2, 0) is 4.74 Å². The standard InChI is InChI=1S/C14H16F2O3/c15-14(16)19-13-6-2-1-5-11(13)12(17)8-7-10-4-3-9-18-10/h1-2,5-6,10,14H,3-4,7-9H2. The van der Waals surface area contributed by atoms with E-state index in [-0.39, 0.29) is 29.6 Å². The van der Waals surface area contributed by atoms with Crippen molar-refractivity contribution in [3.8, 4) is 5.75 Å². The molecular weight excluding hydrogens is 254 g/mol. The summed E-state index contributed by atoms with van der Waals surface area (Å²) >= 11 is 0. The summed E-state index contributed by atoms with van der Waals surface area (Å²) in [6.45, 7) is -2.18. The van der Waals surface area contributed by atoms with Gasteiger partial charge in [-0.15, -0.1) is 0 Å². The molecule has 19 heavy (non-hydrogen) atoms. The molecule has 0 amide bonds. The fourth-order valence-electron chi connectivity index (χ4n) is 2.19. The van der Waals surface area contributed by atoms with Gasteiger partial charge >= 0.3 is 6.61 Å². The molecule has 0 aromatic heterocycles. The van der Waals surface area contributed by atoms with Crippen molar-refractivity contribution in [2.75, 3.05) is 6.61 Å². The molecule has 1 fully saturated rings. The van der Waals surface area contributed by atoms with Crippen LogP contribution in [0, 0.1) is 0 Å². The number of rotatable bonds is 6. The first kappa shape index (κ1) is 13.9. The predicted molar refractivity (Wildman–Crippen MR) is 65.6 cm³/mol. The Kier molecular flexibility index (Phi) is 4.85.